The average molecular weight is 278 g/mol. The fourth-order valence-electron chi connectivity index (χ4n) is 3.34. The van der Waals surface area contributed by atoms with Crippen LogP contribution in [0.5, 0.6) is 0 Å². The van der Waals surface area contributed by atoms with E-state index >= 15 is 0 Å². The summed E-state index contributed by atoms with van der Waals surface area (Å²) in [4.78, 5) is 12.2. The number of hydrogen-bond acceptors (Lipinski definition) is 1. The highest BCUT2D eigenvalue weighted by atomic mass is 35.5. The molecule has 0 heterocycles. The Balaban J connectivity index is 1.52. The number of hydrogen-bond donors (Lipinski definition) is 1. The number of nitrogens with one attached hydrogen (secondary N) is 1. The molecule has 0 bridgehead atoms. The van der Waals surface area contributed by atoms with Gasteiger partial charge < -0.3 is 5.32 Å². The van der Waals surface area contributed by atoms with Crippen LogP contribution in [0.3, 0.4) is 0 Å². The van der Waals surface area contributed by atoms with Crippen LogP contribution in [0.2, 0.25) is 0 Å². The average Bonchev–Trinajstić information content (AvgIpc) is 3.01. The summed E-state index contributed by atoms with van der Waals surface area (Å²) in [5.41, 5.74) is 2.66. The third-order valence-corrected chi connectivity index (χ3v) is 5.10. The van der Waals surface area contributed by atoms with Crippen LogP contribution < -0.4 is 5.32 Å². The van der Waals surface area contributed by atoms with Crippen molar-refractivity contribution in [2.24, 2.45) is 11.8 Å². The van der Waals surface area contributed by atoms with Gasteiger partial charge in [0, 0.05) is 17.8 Å². The molecule has 102 valence electrons. The Labute approximate surface area is 119 Å². The quantitative estimate of drug-likeness (QED) is 0.846. The molecule has 0 spiro atoms. The van der Waals surface area contributed by atoms with Gasteiger partial charge in [0.1, 0.15) is 0 Å². The van der Waals surface area contributed by atoms with Crippen molar-refractivity contribution < 1.29 is 4.79 Å². The van der Waals surface area contributed by atoms with Crippen molar-refractivity contribution in [1.29, 1.82) is 0 Å². The molecule has 2 unspecified atom stereocenters. The highest BCUT2D eigenvalue weighted by Gasteiger charge is 2.29. The molecule has 3 rings (SSSR count). The van der Waals surface area contributed by atoms with Crippen LogP contribution in [0.4, 0.5) is 0 Å². The van der Waals surface area contributed by atoms with Crippen molar-refractivity contribution in [3.8, 4) is 0 Å². The van der Waals surface area contributed by atoms with Crippen molar-refractivity contribution in [3.05, 3.63) is 35.4 Å². The van der Waals surface area contributed by atoms with Crippen LogP contribution in [-0.4, -0.2) is 17.8 Å². The van der Waals surface area contributed by atoms with Crippen LogP contribution in [0.15, 0.2) is 24.3 Å². The van der Waals surface area contributed by atoms with Crippen LogP contribution in [-0.2, 0) is 17.6 Å². The first-order valence-electron chi connectivity index (χ1n) is 7.22. The van der Waals surface area contributed by atoms with Crippen molar-refractivity contribution in [2.75, 3.05) is 6.54 Å². The van der Waals surface area contributed by atoms with E-state index in [4.69, 9.17) is 11.6 Å². The Hall–Kier alpha value is -1.02. The Morgan fingerprint density at radius 1 is 1.21 bits per heavy atom. The number of halogens is 1. The summed E-state index contributed by atoms with van der Waals surface area (Å²) in [5.74, 6) is 0.786. The van der Waals surface area contributed by atoms with E-state index in [1.807, 2.05) is 0 Å². The zero-order chi connectivity index (χ0) is 13.2. The Kier molecular flexibility index (Phi) is 3.79. The minimum atomic E-state index is 0.118. The monoisotopic (exact) mass is 277 g/mol. The standard InChI is InChI=1S/C16H20ClNO/c17-15-7-3-6-13(15)10-18-16(19)14-8-11-4-1-2-5-12(11)9-14/h1-2,4-5,13-15H,3,6-10H2,(H,18,19). The molecular formula is C16H20ClNO. The van der Waals surface area contributed by atoms with Gasteiger partial charge in [-0.1, -0.05) is 30.7 Å². The van der Waals surface area contributed by atoms with Gasteiger partial charge in [0.2, 0.25) is 5.91 Å². The number of fused-ring (bicyclic) bond motifs is 1. The zero-order valence-electron chi connectivity index (χ0n) is 11.1. The van der Waals surface area contributed by atoms with Gasteiger partial charge in [-0.25, -0.2) is 0 Å². The number of carbonyl (C=O) groups excluding carboxylic acids is 1. The number of alkyl halides is 1. The first-order chi connectivity index (χ1) is 9.24. The van der Waals surface area contributed by atoms with Crippen molar-refractivity contribution in [3.63, 3.8) is 0 Å². The lowest BCUT2D eigenvalue weighted by molar-refractivity contribution is -0.124. The summed E-state index contributed by atoms with van der Waals surface area (Å²) in [6.07, 6.45) is 5.22. The maximum atomic E-state index is 12.2. The van der Waals surface area contributed by atoms with Gasteiger partial charge in [-0.3, -0.25) is 4.79 Å². The van der Waals surface area contributed by atoms with E-state index in [0.29, 0.717) is 5.92 Å². The molecule has 0 radical (unpaired) electrons. The zero-order valence-corrected chi connectivity index (χ0v) is 11.8. The number of rotatable bonds is 3. The summed E-state index contributed by atoms with van der Waals surface area (Å²) in [6.45, 7) is 0.750. The van der Waals surface area contributed by atoms with E-state index in [1.165, 1.54) is 17.5 Å². The van der Waals surface area contributed by atoms with Crippen LogP contribution in [0, 0.1) is 11.8 Å². The second-order valence-electron chi connectivity index (χ2n) is 5.83. The molecule has 2 aliphatic rings. The highest BCUT2D eigenvalue weighted by Crippen LogP contribution is 2.30. The highest BCUT2D eigenvalue weighted by molar-refractivity contribution is 6.21. The van der Waals surface area contributed by atoms with Gasteiger partial charge >= 0.3 is 0 Å². The van der Waals surface area contributed by atoms with Gasteiger partial charge in [-0.2, -0.15) is 0 Å². The van der Waals surface area contributed by atoms with E-state index < -0.39 is 0 Å². The topological polar surface area (TPSA) is 29.1 Å². The van der Waals surface area contributed by atoms with Crippen LogP contribution in [0.1, 0.15) is 30.4 Å². The predicted octanol–water partition coefficient (Wildman–Crippen LogP) is 2.93. The predicted molar refractivity (Wildman–Crippen MR) is 77.3 cm³/mol. The molecule has 0 aromatic heterocycles. The normalized spacial score (nSPS) is 26.4. The fraction of sp³-hybridized carbons (Fsp3) is 0.562. The van der Waals surface area contributed by atoms with Crippen molar-refractivity contribution in [2.45, 2.75) is 37.5 Å². The summed E-state index contributed by atoms with van der Waals surface area (Å²) in [5, 5.41) is 3.36. The minimum Gasteiger partial charge on any atom is -0.356 e. The molecule has 0 saturated heterocycles. The van der Waals surface area contributed by atoms with Gasteiger partial charge in [-0.15, -0.1) is 11.6 Å². The maximum Gasteiger partial charge on any atom is 0.223 e. The molecule has 19 heavy (non-hydrogen) atoms. The van der Waals surface area contributed by atoms with Gasteiger partial charge in [-0.05, 0) is 42.7 Å². The van der Waals surface area contributed by atoms with Crippen molar-refractivity contribution in [1.82, 2.24) is 5.32 Å². The molecule has 2 aliphatic carbocycles. The lowest BCUT2D eigenvalue weighted by Gasteiger charge is -2.16. The third-order valence-electron chi connectivity index (χ3n) is 4.53. The first-order valence-corrected chi connectivity index (χ1v) is 7.66. The Bertz CT molecular complexity index is 449. The fourth-order valence-corrected chi connectivity index (χ4v) is 3.71. The van der Waals surface area contributed by atoms with Crippen LogP contribution in [0.25, 0.3) is 0 Å². The molecule has 1 aromatic rings. The summed E-state index contributed by atoms with van der Waals surface area (Å²) in [6, 6.07) is 8.37. The van der Waals surface area contributed by atoms with Gasteiger partial charge in [0.15, 0.2) is 0 Å². The number of benzene rings is 1. The minimum absolute atomic E-state index is 0.118. The molecule has 3 heteroatoms. The first kappa shape index (κ1) is 13.0. The molecule has 1 saturated carbocycles. The summed E-state index contributed by atoms with van der Waals surface area (Å²) < 4.78 is 0. The molecule has 2 atom stereocenters. The third kappa shape index (κ3) is 2.79. The summed E-state index contributed by atoms with van der Waals surface area (Å²) in [7, 11) is 0. The molecule has 2 nitrogen and oxygen atoms in total. The molecule has 1 N–H and O–H groups in total. The molecule has 1 aromatic carbocycles. The lowest BCUT2D eigenvalue weighted by atomic mass is 10.0. The van der Waals surface area contributed by atoms with E-state index in [-0.39, 0.29) is 17.2 Å². The lowest BCUT2D eigenvalue weighted by Crippen LogP contribution is -2.35. The molecule has 1 fully saturated rings. The maximum absolute atomic E-state index is 12.2. The second kappa shape index (κ2) is 5.54. The largest absolute Gasteiger partial charge is 0.356 e. The second-order valence-corrected chi connectivity index (χ2v) is 6.39. The Morgan fingerprint density at radius 2 is 1.89 bits per heavy atom. The SMILES string of the molecule is O=C(NCC1CCCC1Cl)C1Cc2ccccc2C1. The summed E-state index contributed by atoms with van der Waals surface area (Å²) >= 11 is 6.24. The van der Waals surface area contributed by atoms with E-state index in [1.54, 1.807) is 0 Å². The van der Waals surface area contributed by atoms with Crippen molar-refractivity contribution >= 4 is 17.5 Å². The molecule has 1 amide bonds. The van der Waals surface area contributed by atoms with Gasteiger partial charge in [0.25, 0.3) is 0 Å². The molecule has 0 aliphatic heterocycles. The number of carbonyl (C=O) groups is 1. The van der Waals surface area contributed by atoms with E-state index in [2.05, 4.69) is 29.6 Å². The molecular weight excluding hydrogens is 258 g/mol. The van der Waals surface area contributed by atoms with Crippen LogP contribution >= 0.6 is 11.6 Å². The van der Waals surface area contributed by atoms with Gasteiger partial charge in [0.05, 0.1) is 0 Å². The van der Waals surface area contributed by atoms with E-state index in [0.717, 1.165) is 32.2 Å². The Morgan fingerprint density at radius 3 is 2.47 bits per heavy atom. The van der Waals surface area contributed by atoms with E-state index in [9.17, 15) is 4.79 Å². The smallest absolute Gasteiger partial charge is 0.223 e. The number of amides is 1.